The van der Waals surface area contributed by atoms with Gasteiger partial charge in [0.25, 0.3) is 0 Å². The Morgan fingerprint density at radius 1 is 1.35 bits per heavy atom. The van der Waals surface area contributed by atoms with E-state index in [4.69, 9.17) is 14.4 Å². The number of carbonyl (C=O) groups is 2. The van der Waals surface area contributed by atoms with Crippen LogP contribution in [0, 0.1) is 0 Å². The van der Waals surface area contributed by atoms with Crippen molar-refractivity contribution in [2.75, 3.05) is 7.11 Å². The molecule has 1 aromatic carbocycles. The van der Waals surface area contributed by atoms with E-state index in [1.54, 1.807) is 31.4 Å². The molecule has 0 aliphatic rings. The number of rotatable bonds is 7. The fraction of sp³-hybridized carbons (Fsp3) is 0.333. The lowest BCUT2D eigenvalue weighted by Gasteiger charge is -2.07. The molecule has 1 unspecified atom stereocenters. The van der Waals surface area contributed by atoms with Crippen LogP contribution in [0.3, 0.4) is 0 Å². The number of aryl methyl sites for hydroxylation is 1. The van der Waals surface area contributed by atoms with Gasteiger partial charge in [0.15, 0.2) is 0 Å². The highest BCUT2D eigenvalue weighted by Gasteiger charge is 2.15. The van der Waals surface area contributed by atoms with Crippen molar-refractivity contribution in [1.82, 2.24) is 15.5 Å². The van der Waals surface area contributed by atoms with Crippen LogP contribution in [0.25, 0.3) is 11.4 Å². The lowest BCUT2D eigenvalue weighted by atomic mass is 10.2. The molecule has 0 aliphatic carbocycles. The number of benzene rings is 1. The fourth-order valence-electron chi connectivity index (χ4n) is 1.81. The van der Waals surface area contributed by atoms with Crippen molar-refractivity contribution in [1.29, 1.82) is 0 Å². The normalized spacial score (nSPS) is 11.7. The second kappa shape index (κ2) is 7.39. The van der Waals surface area contributed by atoms with E-state index in [0.29, 0.717) is 11.7 Å². The Morgan fingerprint density at radius 2 is 2.04 bits per heavy atom. The van der Waals surface area contributed by atoms with Crippen molar-refractivity contribution in [3.63, 3.8) is 0 Å². The lowest BCUT2D eigenvalue weighted by molar-refractivity contribution is -0.141. The first-order valence-electron chi connectivity index (χ1n) is 6.98. The topological polar surface area (TPSA) is 115 Å². The maximum atomic E-state index is 11.6. The number of aliphatic carboxylic acids is 1. The summed E-state index contributed by atoms with van der Waals surface area (Å²) in [5.74, 6) is -0.0142. The van der Waals surface area contributed by atoms with Crippen molar-refractivity contribution >= 4 is 11.9 Å². The second-order valence-electron chi connectivity index (χ2n) is 4.87. The first-order valence-corrected chi connectivity index (χ1v) is 6.98. The summed E-state index contributed by atoms with van der Waals surface area (Å²) in [5, 5.41) is 14.9. The molecule has 2 N–H and O–H groups in total. The number of methoxy groups -OCH3 is 1. The number of hydrogen-bond donors (Lipinski definition) is 2. The van der Waals surface area contributed by atoms with Gasteiger partial charge < -0.3 is 19.7 Å². The molecule has 0 aliphatic heterocycles. The van der Waals surface area contributed by atoms with E-state index in [2.05, 4.69) is 15.5 Å². The van der Waals surface area contributed by atoms with Gasteiger partial charge in [-0.1, -0.05) is 5.16 Å². The zero-order valence-corrected chi connectivity index (χ0v) is 12.8. The van der Waals surface area contributed by atoms with E-state index in [1.807, 2.05) is 0 Å². The Labute approximate surface area is 132 Å². The monoisotopic (exact) mass is 319 g/mol. The van der Waals surface area contributed by atoms with Crippen LogP contribution in [0.5, 0.6) is 5.75 Å². The third kappa shape index (κ3) is 4.53. The molecule has 8 nitrogen and oxygen atoms in total. The Hall–Kier alpha value is -2.90. The van der Waals surface area contributed by atoms with Crippen LogP contribution in [-0.2, 0) is 16.0 Å². The minimum absolute atomic E-state index is 0.0713. The van der Waals surface area contributed by atoms with Crippen molar-refractivity contribution in [2.45, 2.75) is 25.8 Å². The van der Waals surface area contributed by atoms with Crippen LogP contribution in [0.15, 0.2) is 28.8 Å². The summed E-state index contributed by atoms with van der Waals surface area (Å²) in [5.41, 5.74) is 0.768. The number of nitrogens with zero attached hydrogens (tertiary/aromatic N) is 2. The molecule has 8 heteroatoms. The van der Waals surface area contributed by atoms with Gasteiger partial charge in [-0.2, -0.15) is 4.98 Å². The second-order valence-corrected chi connectivity index (χ2v) is 4.87. The minimum Gasteiger partial charge on any atom is -0.497 e. The van der Waals surface area contributed by atoms with Crippen molar-refractivity contribution in [3.8, 4) is 17.1 Å². The third-order valence-electron chi connectivity index (χ3n) is 3.13. The molecule has 23 heavy (non-hydrogen) atoms. The van der Waals surface area contributed by atoms with Gasteiger partial charge in [-0.25, -0.2) is 0 Å². The van der Waals surface area contributed by atoms with Gasteiger partial charge in [-0.15, -0.1) is 0 Å². The molecule has 1 amide bonds. The van der Waals surface area contributed by atoms with Crippen LogP contribution in [0.4, 0.5) is 0 Å². The number of amides is 1. The van der Waals surface area contributed by atoms with Crippen LogP contribution in [0.2, 0.25) is 0 Å². The maximum Gasteiger partial charge on any atom is 0.325 e. The number of ether oxygens (including phenoxy) is 1. The fourth-order valence-corrected chi connectivity index (χ4v) is 1.81. The summed E-state index contributed by atoms with van der Waals surface area (Å²) < 4.78 is 10.2. The lowest BCUT2D eigenvalue weighted by Crippen LogP contribution is -2.38. The van der Waals surface area contributed by atoms with E-state index < -0.39 is 12.0 Å². The third-order valence-corrected chi connectivity index (χ3v) is 3.13. The molecule has 0 radical (unpaired) electrons. The standard InChI is InChI=1S/C15H17N3O5/c1-9(15(20)21)16-12(19)7-8-13-17-14(18-23-13)10-3-5-11(22-2)6-4-10/h3-6,9H,7-8H2,1-2H3,(H,16,19)(H,20,21). The van der Waals surface area contributed by atoms with Crippen molar-refractivity contribution in [2.24, 2.45) is 0 Å². The van der Waals surface area contributed by atoms with Gasteiger partial charge in [0.2, 0.25) is 17.6 Å². The molecule has 0 saturated carbocycles. The van der Waals surface area contributed by atoms with Gasteiger partial charge >= 0.3 is 5.97 Å². The Balaban J connectivity index is 1.91. The molecule has 0 fully saturated rings. The van der Waals surface area contributed by atoms with E-state index in [0.717, 1.165) is 11.3 Å². The average molecular weight is 319 g/mol. The molecule has 0 saturated heterocycles. The Kier molecular flexibility index (Phi) is 5.29. The summed E-state index contributed by atoms with van der Waals surface area (Å²) >= 11 is 0. The number of carboxylic acid groups (broad SMARTS) is 1. The van der Waals surface area contributed by atoms with Gasteiger partial charge in [0.05, 0.1) is 7.11 Å². The number of nitrogens with one attached hydrogen (secondary N) is 1. The zero-order valence-electron chi connectivity index (χ0n) is 12.8. The van der Waals surface area contributed by atoms with Crippen LogP contribution in [0.1, 0.15) is 19.2 Å². The van der Waals surface area contributed by atoms with Crippen LogP contribution < -0.4 is 10.1 Å². The first kappa shape index (κ1) is 16.5. The first-order chi connectivity index (χ1) is 11.0. The van der Waals surface area contributed by atoms with Crippen molar-refractivity contribution in [3.05, 3.63) is 30.2 Å². The molecule has 1 atom stereocenters. The number of aromatic nitrogens is 2. The minimum atomic E-state index is -1.09. The number of hydrogen-bond acceptors (Lipinski definition) is 6. The smallest absolute Gasteiger partial charge is 0.325 e. The quantitative estimate of drug-likeness (QED) is 0.789. The van der Waals surface area contributed by atoms with Crippen molar-refractivity contribution < 1.29 is 24.0 Å². The highest BCUT2D eigenvalue weighted by Crippen LogP contribution is 2.19. The van der Waals surface area contributed by atoms with Gasteiger partial charge in [0, 0.05) is 18.4 Å². The van der Waals surface area contributed by atoms with Crippen LogP contribution in [-0.4, -0.2) is 40.3 Å². The van der Waals surface area contributed by atoms with E-state index >= 15 is 0 Å². The SMILES string of the molecule is COc1ccc(-c2noc(CCC(=O)NC(C)C(=O)O)n2)cc1. The zero-order chi connectivity index (χ0) is 16.8. The number of carbonyl (C=O) groups excluding carboxylic acids is 1. The molecule has 1 heterocycles. The average Bonchev–Trinajstić information content (AvgIpc) is 3.02. The molecule has 122 valence electrons. The predicted octanol–water partition coefficient (Wildman–Crippen LogP) is 1.27. The highest BCUT2D eigenvalue weighted by atomic mass is 16.5. The summed E-state index contributed by atoms with van der Waals surface area (Å²) in [6.45, 7) is 1.40. The summed E-state index contributed by atoms with van der Waals surface area (Å²) in [7, 11) is 1.58. The van der Waals surface area contributed by atoms with Gasteiger partial charge in [-0.3, -0.25) is 9.59 Å². The molecule has 0 bridgehead atoms. The van der Waals surface area contributed by atoms with Gasteiger partial charge in [0.1, 0.15) is 11.8 Å². The molecular weight excluding hydrogens is 302 g/mol. The summed E-state index contributed by atoms with van der Waals surface area (Å²) in [6, 6.07) is 6.24. The highest BCUT2D eigenvalue weighted by molar-refractivity contribution is 5.83. The maximum absolute atomic E-state index is 11.6. The largest absolute Gasteiger partial charge is 0.497 e. The van der Waals surface area contributed by atoms with E-state index in [-0.39, 0.29) is 18.7 Å². The Morgan fingerprint density at radius 3 is 2.65 bits per heavy atom. The Bertz CT molecular complexity index is 681. The predicted molar refractivity (Wildman–Crippen MR) is 79.8 cm³/mol. The summed E-state index contributed by atoms with van der Waals surface area (Å²) in [6.07, 6.45) is 0.309. The van der Waals surface area contributed by atoms with Crippen LogP contribution >= 0.6 is 0 Å². The molecule has 0 spiro atoms. The van der Waals surface area contributed by atoms with E-state index in [1.165, 1.54) is 6.92 Å². The number of carboxylic acids is 1. The molecular formula is C15H17N3O5. The van der Waals surface area contributed by atoms with Gasteiger partial charge in [-0.05, 0) is 31.2 Å². The van der Waals surface area contributed by atoms with E-state index in [9.17, 15) is 9.59 Å². The molecule has 2 aromatic rings. The molecule has 2 rings (SSSR count). The molecule has 1 aromatic heterocycles. The summed E-state index contributed by atoms with van der Waals surface area (Å²) in [4.78, 5) is 26.5.